The number of hydrogen-bond donors (Lipinski definition) is 0. The van der Waals surface area contributed by atoms with Crippen molar-refractivity contribution >= 4 is 17.8 Å². The lowest BCUT2D eigenvalue weighted by molar-refractivity contribution is -0.384. The van der Waals surface area contributed by atoms with Gasteiger partial charge < -0.3 is 47.4 Å². The van der Waals surface area contributed by atoms with Crippen LogP contribution in [0.3, 0.4) is 0 Å². The third-order valence-corrected chi connectivity index (χ3v) is 11.1. The normalized spacial score (nSPS) is 28.3. The van der Waals surface area contributed by atoms with Gasteiger partial charge in [-0.3, -0.25) is 14.9 Å². The molecule has 3 unspecified atom stereocenters. The summed E-state index contributed by atoms with van der Waals surface area (Å²) in [6.45, 7) is 24.6. The predicted octanol–water partition coefficient (Wildman–Crippen LogP) is 9.80. The summed E-state index contributed by atoms with van der Waals surface area (Å²) in [5.41, 5.74) is -0.567. The maximum Gasteiger partial charge on any atom is 0.514 e. The van der Waals surface area contributed by atoms with Crippen LogP contribution in [0, 0.1) is 27.9 Å². The average Bonchev–Trinajstić information content (AvgIpc) is 3.98. The van der Waals surface area contributed by atoms with Crippen LogP contribution < -0.4 is 4.74 Å². The largest absolute Gasteiger partial charge is 0.514 e. The van der Waals surface area contributed by atoms with Crippen LogP contribution in [0.2, 0.25) is 0 Å². The quantitative estimate of drug-likeness (QED) is 0.0149. The van der Waals surface area contributed by atoms with Gasteiger partial charge in [0.25, 0.3) is 5.69 Å². The molecule has 13 atom stereocenters. The van der Waals surface area contributed by atoms with Gasteiger partial charge in [0.15, 0.2) is 25.0 Å². The molecule has 0 spiro atoms. The Morgan fingerprint density at radius 1 is 0.968 bits per heavy atom. The van der Waals surface area contributed by atoms with Gasteiger partial charge in [0.1, 0.15) is 17.5 Å². The van der Waals surface area contributed by atoms with Crippen molar-refractivity contribution in [1.29, 1.82) is 0 Å². The summed E-state index contributed by atoms with van der Waals surface area (Å²) in [6, 6.07) is 5.10. The molecule has 2 heterocycles. The summed E-state index contributed by atoms with van der Waals surface area (Å²) >= 11 is 0. The van der Waals surface area contributed by atoms with Gasteiger partial charge in [0, 0.05) is 43.8 Å². The van der Waals surface area contributed by atoms with E-state index in [9.17, 15) is 19.7 Å². The van der Waals surface area contributed by atoms with Crippen LogP contribution in [0.4, 0.5) is 10.5 Å². The molecule has 1 aromatic carbocycles. The first-order chi connectivity index (χ1) is 29.4. The van der Waals surface area contributed by atoms with E-state index in [0.29, 0.717) is 26.2 Å². The molecule has 0 aromatic heterocycles. The Kier molecular flexibility index (Phi) is 22.2. The van der Waals surface area contributed by atoms with Crippen LogP contribution in [-0.2, 0) is 47.4 Å². The fourth-order valence-corrected chi connectivity index (χ4v) is 7.79. The molecule has 2 aliphatic heterocycles. The maximum atomic E-state index is 13.7. The van der Waals surface area contributed by atoms with Crippen LogP contribution in [0.25, 0.3) is 0 Å². The predicted molar refractivity (Wildman–Crippen MR) is 233 cm³/mol. The number of cyclic esters (lactones) is 1. The Labute approximate surface area is 368 Å². The number of epoxide rings is 1. The fourth-order valence-electron chi connectivity index (χ4n) is 7.79. The number of esters is 1. The first kappa shape index (κ1) is 52.6. The van der Waals surface area contributed by atoms with Gasteiger partial charge in [0.2, 0.25) is 0 Å². The Hall–Kier alpha value is -3.70. The zero-order chi connectivity index (χ0) is 46.0. The van der Waals surface area contributed by atoms with E-state index in [0.717, 1.165) is 18.4 Å². The van der Waals surface area contributed by atoms with E-state index in [1.54, 1.807) is 26.8 Å². The molecule has 15 heteroatoms. The van der Waals surface area contributed by atoms with E-state index in [1.807, 2.05) is 59.8 Å². The maximum absolute atomic E-state index is 13.7. The molecule has 1 saturated heterocycles. The molecule has 15 nitrogen and oxygen atoms in total. The van der Waals surface area contributed by atoms with Crippen molar-refractivity contribution < 1.29 is 61.9 Å². The molecule has 0 radical (unpaired) electrons. The van der Waals surface area contributed by atoms with Crippen molar-refractivity contribution in [2.24, 2.45) is 17.8 Å². The fraction of sp³-hybridized carbons (Fsp3) is 0.702. The number of nitrogens with zero attached hydrogens (tertiary/aromatic N) is 1. The standard InChI is InChI=1S/C47H73NO14/c1-13-40(57-35(10)54-15-3)33(8)45-41(59-45)28-30(5)18-17-19-31(6)44-32(7)20-25-42(60-46(50)58-38-23-21-37(22-24-38)48(51)52)47(12,62-36(11)55-16-4)27-26-39(29-43(49)61-44)56-34(9)53-14-2/h17-25,30,32-36,39-42,44-45H,13-16,26-29H2,1-12H3/b18-17+,25-20+,31-19+/t30-,32+,33-,34?,35?,36?,39-,40+,41-,42+,44-,45-,47-/m1/s1. The summed E-state index contributed by atoms with van der Waals surface area (Å²) in [5.74, 6) is -0.325. The minimum atomic E-state index is -1.22. The number of benzene rings is 1. The van der Waals surface area contributed by atoms with Crippen LogP contribution in [0.1, 0.15) is 115 Å². The highest BCUT2D eigenvalue weighted by atomic mass is 16.7. The smallest absolute Gasteiger partial charge is 0.457 e. The molecule has 1 aromatic rings. The van der Waals surface area contributed by atoms with Gasteiger partial charge in [-0.1, -0.05) is 52.0 Å². The van der Waals surface area contributed by atoms with Gasteiger partial charge in [-0.25, -0.2) is 4.79 Å². The summed E-state index contributed by atoms with van der Waals surface area (Å²) in [7, 11) is 0. The molecule has 0 N–H and O–H groups in total. The van der Waals surface area contributed by atoms with Crippen LogP contribution in [0.15, 0.2) is 60.2 Å². The minimum absolute atomic E-state index is 0.0422. The van der Waals surface area contributed by atoms with Crippen molar-refractivity contribution in [3.8, 4) is 5.75 Å². The first-order valence-electron chi connectivity index (χ1n) is 22.3. The molecular formula is C47H73NO14. The Bertz CT molecular complexity index is 1620. The second kappa shape index (κ2) is 26.2. The number of hydrogen-bond acceptors (Lipinski definition) is 14. The third-order valence-electron chi connectivity index (χ3n) is 11.1. The van der Waals surface area contributed by atoms with Crippen LogP contribution in [-0.4, -0.2) is 98.0 Å². The Morgan fingerprint density at radius 2 is 1.61 bits per heavy atom. The van der Waals surface area contributed by atoms with Gasteiger partial charge in [-0.2, -0.15) is 0 Å². The second-order valence-electron chi connectivity index (χ2n) is 16.4. The van der Waals surface area contributed by atoms with Crippen LogP contribution in [0.5, 0.6) is 5.75 Å². The van der Waals surface area contributed by atoms with Gasteiger partial charge in [0.05, 0.1) is 35.8 Å². The number of allylic oxidation sites excluding steroid dienone is 3. The first-order valence-corrected chi connectivity index (χ1v) is 22.3. The second-order valence-corrected chi connectivity index (χ2v) is 16.4. The van der Waals surface area contributed by atoms with E-state index in [-0.39, 0.29) is 60.7 Å². The SMILES string of the molecule is CCOC(C)O[C@@H]1CC[C@@](C)(OC(C)OCC)[C@@H](OC(=O)Oc2ccc([N+](=O)[O-])cc2)/C=C/[C@H](C)[C@@H](/C(C)=C/C=C/[C@@H](C)C[C@H]2O[C@@H]2[C@H](C)[C@H](CC)OC(C)OCC)OC(=O)C1. The average molecular weight is 876 g/mol. The molecule has 3 rings (SSSR count). The van der Waals surface area contributed by atoms with Crippen molar-refractivity contribution in [3.05, 3.63) is 70.3 Å². The Balaban J connectivity index is 1.89. The highest BCUT2D eigenvalue weighted by molar-refractivity contribution is 5.70. The van der Waals surface area contributed by atoms with Gasteiger partial charge in [-0.15, -0.1) is 0 Å². The monoisotopic (exact) mass is 876 g/mol. The van der Waals surface area contributed by atoms with Crippen molar-refractivity contribution in [2.45, 2.75) is 176 Å². The third kappa shape index (κ3) is 17.5. The summed E-state index contributed by atoms with van der Waals surface area (Å²) < 4.78 is 59.8. The molecular weight excluding hydrogens is 803 g/mol. The van der Waals surface area contributed by atoms with E-state index in [1.165, 1.54) is 24.3 Å². The number of carbonyl (C=O) groups is 2. The molecule has 62 heavy (non-hydrogen) atoms. The molecule has 0 bridgehead atoms. The molecule has 1 fully saturated rings. The minimum Gasteiger partial charge on any atom is -0.457 e. The lowest BCUT2D eigenvalue weighted by atomic mass is 9.88. The van der Waals surface area contributed by atoms with Crippen LogP contribution >= 0.6 is 0 Å². The number of carbonyl (C=O) groups excluding carboxylic acids is 2. The molecule has 0 aliphatic carbocycles. The number of ether oxygens (including phenoxy) is 10. The van der Waals surface area contributed by atoms with Crippen molar-refractivity contribution in [1.82, 2.24) is 0 Å². The topological polar surface area (TPSA) is 173 Å². The van der Waals surface area contributed by atoms with Crippen molar-refractivity contribution in [2.75, 3.05) is 19.8 Å². The number of non-ortho nitro benzene ring substituents is 1. The number of rotatable bonds is 23. The molecule has 0 saturated carbocycles. The van der Waals surface area contributed by atoms with Gasteiger partial charge >= 0.3 is 12.1 Å². The Morgan fingerprint density at radius 3 is 2.24 bits per heavy atom. The summed E-state index contributed by atoms with van der Waals surface area (Å²) in [5, 5.41) is 11.2. The lowest BCUT2D eigenvalue weighted by Crippen LogP contribution is -2.47. The lowest BCUT2D eigenvalue weighted by Gasteiger charge is -2.39. The molecule has 0 amide bonds. The number of nitro groups is 1. The highest BCUT2D eigenvalue weighted by Crippen LogP contribution is 2.38. The van der Waals surface area contributed by atoms with E-state index >= 15 is 0 Å². The molecule has 2 aliphatic rings. The molecule has 350 valence electrons. The van der Waals surface area contributed by atoms with Crippen molar-refractivity contribution in [3.63, 3.8) is 0 Å². The number of nitro benzene ring substituents is 1. The van der Waals surface area contributed by atoms with E-state index in [2.05, 4.69) is 26.8 Å². The zero-order valence-electron chi connectivity index (χ0n) is 38.9. The summed E-state index contributed by atoms with van der Waals surface area (Å²) in [6.07, 6.45) is 7.13. The summed E-state index contributed by atoms with van der Waals surface area (Å²) in [4.78, 5) is 37.8. The highest BCUT2D eigenvalue weighted by Gasteiger charge is 2.46. The zero-order valence-corrected chi connectivity index (χ0v) is 38.9. The van der Waals surface area contributed by atoms with E-state index < -0.39 is 59.5 Å². The van der Waals surface area contributed by atoms with Gasteiger partial charge in [-0.05, 0) is 111 Å². The van der Waals surface area contributed by atoms with E-state index in [4.69, 9.17) is 47.4 Å².